The molecule has 0 spiro atoms. The molecule has 39 heavy (non-hydrogen) atoms. The van der Waals surface area contributed by atoms with E-state index in [1.54, 1.807) is 68.6 Å². The zero-order valence-corrected chi connectivity index (χ0v) is 23.9. The Hall–Kier alpha value is -3.85. The van der Waals surface area contributed by atoms with Crippen LogP contribution in [0.4, 0.5) is 5.69 Å². The molecule has 208 valence electrons. The van der Waals surface area contributed by atoms with Crippen molar-refractivity contribution in [2.75, 3.05) is 24.5 Å². The summed E-state index contributed by atoms with van der Waals surface area (Å²) in [5.74, 6) is 0.0281. The van der Waals surface area contributed by atoms with Crippen LogP contribution in [0.1, 0.15) is 31.9 Å². The Balaban J connectivity index is 2.01. The van der Waals surface area contributed by atoms with Crippen LogP contribution in [0.2, 0.25) is 0 Å². The number of rotatable bonds is 12. The molecule has 3 aromatic carbocycles. The Morgan fingerprint density at radius 3 is 2.26 bits per heavy atom. The Morgan fingerprint density at radius 1 is 0.923 bits per heavy atom. The summed E-state index contributed by atoms with van der Waals surface area (Å²) in [5, 5.41) is 2.88. The third-order valence-corrected chi connectivity index (χ3v) is 8.03. The van der Waals surface area contributed by atoms with Crippen LogP contribution < -0.4 is 14.4 Å². The molecule has 0 saturated heterocycles. The molecule has 0 bridgehead atoms. The molecule has 8 nitrogen and oxygen atoms in total. The minimum absolute atomic E-state index is 0.0707. The van der Waals surface area contributed by atoms with Gasteiger partial charge in [-0.15, -0.1) is 0 Å². The van der Waals surface area contributed by atoms with Crippen molar-refractivity contribution in [1.82, 2.24) is 10.2 Å². The number of hydrogen-bond donors (Lipinski definition) is 1. The first-order chi connectivity index (χ1) is 18.5. The zero-order chi connectivity index (χ0) is 28.6. The first-order valence-electron chi connectivity index (χ1n) is 12.9. The average Bonchev–Trinajstić information content (AvgIpc) is 2.93. The van der Waals surface area contributed by atoms with Gasteiger partial charge in [0, 0.05) is 13.1 Å². The van der Waals surface area contributed by atoms with E-state index in [0.717, 1.165) is 15.4 Å². The highest BCUT2D eigenvalue weighted by Crippen LogP contribution is 2.25. The molecule has 9 heteroatoms. The number of sulfonamides is 1. The van der Waals surface area contributed by atoms with Gasteiger partial charge in [0.2, 0.25) is 11.8 Å². The molecule has 0 heterocycles. The third-order valence-electron chi connectivity index (χ3n) is 6.24. The summed E-state index contributed by atoms with van der Waals surface area (Å²) in [7, 11) is -2.53. The maximum atomic E-state index is 13.9. The summed E-state index contributed by atoms with van der Waals surface area (Å²) in [4.78, 5) is 28.5. The Labute approximate surface area is 231 Å². The van der Waals surface area contributed by atoms with Gasteiger partial charge in [-0.1, -0.05) is 56.3 Å². The number of amides is 2. The number of methoxy groups -OCH3 is 1. The van der Waals surface area contributed by atoms with Gasteiger partial charge in [-0.2, -0.15) is 0 Å². The van der Waals surface area contributed by atoms with Crippen LogP contribution >= 0.6 is 0 Å². The van der Waals surface area contributed by atoms with E-state index in [0.29, 0.717) is 18.0 Å². The molecular weight excluding hydrogens is 514 g/mol. The highest BCUT2D eigenvalue weighted by molar-refractivity contribution is 7.92. The van der Waals surface area contributed by atoms with Gasteiger partial charge in [-0.05, 0) is 67.3 Å². The second-order valence-corrected chi connectivity index (χ2v) is 11.7. The molecule has 0 aliphatic rings. The number of ether oxygens (including phenoxy) is 1. The second kappa shape index (κ2) is 13.3. The van der Waals surface area contributed by atoms with Crippen molar-refractivity contribution in [2.24, 2.45) is 5.92 Å². The van der Waals surface area contributed by atoms with E-state index in [2.05, 4.69) is 5.32 Å². The first kappa shape index (κ1) is 29.7. The van der Waals surface area contributed by atoms with Crippen molar-refractivity contribution in [3.8, 4) is 5.75 Å². The monoisotopic (exact) mass is 551 g/mol. The predicted molar refractivity (Wildman–Crippen MR) is 153 cm³/mol. The fourth-order valence-corrected chi connectivity index (χ4v) is 5.46. The summed E-state index contributed by atoms with van der Waals surface area (Å²) in [5.41, 5.74) is 1.97. The summed E-state index contributed by atoms with van der Waals surface area (Å²) in [6, 6.07) is 21.4. The number of carbonyl (C=O) groups is 2. The third kappa shape index (κ3) is 7.83. The van der Waals surface area contributed by atoms with Crippen molar-refractivity contribution in [2.45, 2.75) is 45.2 Å². The Bertz CT molecular complexity index is 1380. The standard InChI is InChI=1S/C30H37N3O5S/c1-22(2)19-31-30(35)24(4)32(20-25-12-10-14-27(18-25)38-5)29(34)21-33(26-13-9-11-23(3)17-26)39(36,37)28-15-7-6-8-16-28/h6-18,22,24H,19-21H2,1-5H3,(H,31,35). The summed E-state index contributed by atoms with van der Waals surface area (Å²) < 4.78 is 34.0. The molecule has 3 rings (SSSR count). The largest absolute Gasteiger partial charge is 0.497 e. The molecule has 0 saturated carbocycles. The molecule has 3 aromatic rings. The smallest absolute Gasteiger partial charge is 0.264 e. The lowest BCUT2D eigenvalue weighted by molar-refractivity contribution is -0.139. The quantitative estimate of drug-likeness (QED) is 0.360. The highest BCUT2D eigenvalue weighted by atomic mass is 32.2. The molecule has 1 N–H and O–H groups in total. The molecule has 0 aliphatic carbocycles. The molecule has 0 fully saturated rings. The fraction of sp³-hybridized carbons (Fsp3) is 0.333. The van der Waals surface area contributed by atoms with Crippen molar-refractivity contribution in [3.63, 3.8) is 0 Å². The number of nitrogens with one attached hydrogen (secondary N) is 1. The van der Waals surface area contributed by atoms with Gasteiger partial charge in [0.25, 0.3) is 10.0 Å². The fourth-order valence-electron chi connectivity index (χ4n) is 4.03. The Morgan fingerprint density at radius 2 is 1.62 bits per heavy atom. The first-order valence-corrected chi connectivity index (χ1v) is 14.3. The number of anilines is 1. The van der Waals surface area contributed by atoms with E-state index in [9.17, 15) is 18.0 Å². The van der Waals surface area contributed by atoms with Gasteiger partial charge in [0.05, 0.1) is 17.7 Å². The van der Waals surface area contributed by atoms with Gasteiger partial charge >= 0.3 is 0 Å². The van der Waals surface area contributed by atoms with E-state index in [1.807, 2.05) is 32.9 Å². The van der Waals surface area contributed by atoms with Gasteiger partial charge in [-0.3, -0.25) is 13.9 Å². The van der Waals surface area contributed by atoms with Crippen molar-refractivity contribution in [1.29, 1.82) is 0 Å². The SMILES string of the molecule is COc1cccc(CN(C(=O)CN(c2cccc(C)c2)S(=O)(=O)c2ccccc2)C(C)C(=O)NCC(C)C)c1. The lowest BCUT2D eigenvalue weighted by Gasteiger charge is -2.32. The van der Waals surface area contributed by atoms with Crippen molar-refractivity contribution in [3.05, 3.63) is 90.0 Å². The van der Waals surface area contributed by atoms with Gasteiger partial charge in [0.1, 0.15) is 18.3 Å². The maximum absolute atomic E-state index is 13.9. The lowest BCUT2D eigenvalue weighted by atomic mass is 10.1. The van der Waals surface area contributed by atoms with E-state index >= 15 is 0 Å². The Kier molecular flexibility index (Phi) is 10.1. The van der Waals surface area contributed by atoms with Crippen LogP contribution in [0.5, 0.6) is 5.75 Å². The minimum Gasteiger partial charge on any atom is -0.497 e. The predicted octanol–water partition coefficient (Wildman–Crippen LogP) is 4.39. The molecule has 0 aromatic heterocycles. The number of benzene rings is 3. The number of aryl methyl sites for hydroxylation is 1. The number of carbonyl (C=O) groups excluding carboxylic acids is 2. The molecule has 0 aliphatic heterocycles. The number of hydrogen-bond acceptors (Lipinski definition) is 5. The van der Waals surface area contributed by atoms with Gasteiger partial charge < -0.3 is 15.0 Å². The van der Waals surface area contributed by atoms with Gasteiger partial charge in [-0.25, -0.2) is 8.42 Å². The molecule has 2 amide bonds. The molecule has 1 atom stereocenters. The van der Waals surface area contributed by atoms with Crippen LogP contribution in [0.15, 0.2) is 83.8 Å². The van der Waals surface area contributed by atoms with E-state index in [-0.39, 0.29) is 23.3 Å². The molecule has 1 unspecified atom stereocenters. The van der Waals surface area contributed by atoms with Crippen molar-refractivity contribution < 1.29 is 22.7 Å². The lowest BCUT2D eigenvalue weighted by Crippen LogP contribution is -2.51. The average molecular weight is 552 g/mol. The minimum atomic E-state index is -4.09. The van der Waals surface area contributed by atoms with Crippen LogP contribution in [0.3, 0.4) is 0 Å². The maximum Gasteiger partial charge on any atom is 0.264 e. The second-order valence-electron chi connectivity index (χ2n) is 9.85. The zero-order valence-electron chi connectivity index (χ0n) is 23.1. The highest BCUT2D eigenvalue weighted by Gasteiger charge is 2.32. The van der Waals surface area contributed by atoms with Crippen molar-refractivity contribution >= 4 is 27.5 Å². The molecular formula is C30H37N3O5S. The van der Waals surface area contributed by atoms with E-state index in [1.165, 1.54) is 17.0 Å². The van der Waals surface area contributed by atoms with Crippen LogP contribution in [-0.4, -0.2) is 51.4 Å². The summed E-state index contributed by atoms with van der Waals surface area (Å²) >= 11 is 0. The van der Waals surface area contributed by atoms with E-state index < -0.39 is 28.5 Å². The topological polar surface area (TPSA) is 96.0 Å². The molecule has 0 radical (unpaired) electrons. The van der Waals surface area contributed by atoms with Crippen LogP contribution in [0.25, 0.3) is 0 Å². The van der Waals surface area contributed by atoms with Gasteiger partial charge in [0.15, 0.2) is 0 Å². The number of nitrogens with zero attached hydrogens (tertiary/aromatic N) is 2. The summed E-state index contributed by atoms with van der Waals surface area (Å²) in [6.07, 6.45) is 0. The normalized spacial score (nSPS) is 12.1. The van der Waals surface area contributed by atoms with Crippen LogP contribution in [-0.2, 0) is 26.2 Å². The summed E-state index contributed by atoms with van der Waals surface area (Å²) in [6.45, 7) is 7.55. The van der Waals surface area contributed by atoms with Crippen LogP contribution in [0, 0.1) is 12.8 Å². The van der Waals surface area contributed by atoms with E-state index in [4.69, 9.17) is 4.74 Å².